The third-order valence-electron chi connectivity index (χ3n) is 2.28. The molecular formula is C14H24O. The Morgan fingerprint density at radius 3 is 2.47 bits per heavy atom. The minimum atomic E-state index is 0.531. The van der Waals surface area contributed by atoms with Gasteiger partial charge < -0.3 is 4.74 Å². The van der Waals surface area contributed by atoms with Crippen molar-refractivity contribution in [2.24, 2.45) is 5.92 Å². The van der Waals surface area contributed by atoms with Crippen molar-refractivity contribution < 1.29 is 4.74 Å². The van der Waals surface area contributed by atoms with Crippen LogP contribution in [-0.4, -0.2) is 13.2 Å². The summed E-state index contributed by atoms with van der Waals surface area (Å²) in [5.74, 6) is 0.531. The Bertz CT molecular complexity index is 219. The van der Waals surface area contributed by atoms with Gasteiger partial charge in [0.2, 0.25) is 0 Å². The molecule has 1 heteroatoms. The minimum Gasteiger partial charge on any atom is -0.381 e. The lowest BCUT2D eigenvalue weighted by Crippen LogP contribution is -2.18. The normalized spacial score (nSPS) is 21.3. The first-order valence-electron chi connectivity index (χ1n) is 5.81. The van der Waals surface area contributed by atoms with Crippen LogP contribution in [0, 0.1) is 5.92 Å². The lowest BCUT2D eigenvalue weighted by atomic mass is 9.92. The van der Waals surface area contributed by atoms with E-state index in [9.17, 15) is 0 Å². The van der Waals surface area contributed by atoms with Gasteiger partial charge in [-0.05, 0) is 25.3 Å². The molecule has 1 nitrogen and oxygen atoms in total. The molecule has 0 aromatic carbocycles. The summed E-state index contributed by atoms with van der Waals surface area (Å²) < 4.78 is 5.43. The summed E-state index contributed by atoms with van der Waals surface area (Å²) in [4.78, 5) is 0. The van der Waals surface area contributed by atoms with Gasteiger partial charge >= 0.3 is 0 Å². The fraction of sp³-hybridized carbons (Fsp3) is 0.571. The Hall–Kier alpha value is -0.820. The standard InChI is InChI=1S/C12H18O.C2H6/c1-4-11(8-10(2)3)12-6-5-7-13-9-12;1-2/h4,8,12H,1-2,5-7,9H2,3H3;1-2H3/b11-8+;. The summed E-state index contributed by atoms with van der Waals surface area (Å²) in [6, 6.07) is 0. The van der Waals surface area contributed by atoms with Crippen LogP contribution in [0.15, 0.2) is 36.5 Å². The zero-order chi connectivity index (χ0) is 11.7. The largest absolute Gasteiger partial charge is 0.381 e. The Labute approximate surface area is 94.5 Å². The van der Waals surface area contributed by atoms with E-state index in [0.29, 0.717) is 5.92 Å². The van der Waals surface area contributed by atoms with E-state index in [2.05, 4.69) is 19.2 Å². The molecule has 0 spiro atoms. The first-order valence-corrected chi connectivity index (χ1v) is 5.81. The van der Waals surface area contributed by atoms with Gasteiger partial charge in [-0.25, -0.2) is 0 Å². The predicted molar refractivity (Wildman–Crippen MR) is 68.0 cm³/mol. The maximum Gasteiger partial charge on any atom is 0.0534 e. The van der Waals surface area contributed by atoms with Crippen molar-refractivity contribution in [3.8, 4) is 0 Å². The Balaban J connectivity index is 0.000000921. The van der Waals surface area contributed by atoms with Gasteiger partial charge in [0, 0.05) is 12.5 Å². The average Bonchev–Trinajstić information content (AvgIpc) is 2.29. The van der Waals surface area contributed by atoms with Crippen molar-refractivity contribution in [3.63, 3.8) is 0 Å². The molecule has 0 N–H and O–H groups in total. The monoisotopic (exact) mass is 208 g/mol. The van der Waals surface area contributed by atoms with Crippen LogP contribution in [0.1, 0.15) is 33.6 Å². The molecule has 1 aliphatic rings. The van der Waals surface area contributed by atoms with E-state index in [0.717, 1.165) is 25.2 Å². The van der Waals surface area contributed by atoms with Crippen LogP contribution in [0.4, 0.5) is 0 Å². The van der Waals surface area contributed by atoms with E-state index in [4.69, 9.17) is 4.74 Å². The molecule has 0 bridgehead atoms. The third kappa shape index (κ3) is 5.58. The molecule has 0 saturated carbocycles. The van der Waals surface area contributed by atoms with E-state index < -0.39 is 0 Å². The van der Waals surface area contributed by atoms with Gasteiger partial charge in [0.25, 0.3) is 0 Å². The quantitative estimate of drug-likeness (QED) is 0.634. The molecule has 1 unspecified atom stereocenters. The van der Waals surface area contributed by atoms with Crippen molar-refractivity contribution in [1.82, 2.24) is 0 Å². The van der Waals surface area contributed by atoms with Crippen molar-refractivity contribution in [3.05, 3.63) is 36.5 Å². The van der Waals surface area contributed by atoms with Crippen molar-refractivity contribution in [2.75, 3.05) is 13.2 Å². The van der Waals surface area contributed by atoms with E-state index in [1.165, 1.54) is 12.0 Å². The molecule has 0 radical (unpaired) electrons. The Kier molecular flexibility index (Phi) is 8.02. The minimum absolute atomic E-state index is 0.531. The number of hydrogen-bond acceptors (Lipinski definition) is 1. The summed E-state index contributed by atoms with van der Waals surface area (Å²) in [5, 5.41) is 0. The SMILES string of the molecule is C=C/C(=C\C(=C)C)C1CCCOC1.CC. The predicted octanol–water partition coefficient (Wildman–Crippen LogP) is 4.13. The topological polar surface area (TPSA) is 9.23 Å². The zero-order valence-corrected chi connectivity index (χ0v) is 10.4. The second kappa shape index (κ2) is 8.49. The summed E-state index contributed by atoms with van der Waals surface area (Å²) in [6.07, 6.45) is 6.40. The van der Waals surface area contributed by atoms with E-state index >= 15 is 0 Å². The van der Waals surface area contributed by atoms with Gasteiger partial charge in [0.1, 0.15) is 0 Å². The molecule has 15 heavy (non-hydrogen) atoms. The van der Waals surface area contributed by atoms with Crippen LogP contribution in [0.3, 0.4) is 0 Å². The van der Waals surface area contributed by atoms with Crippen molar-refractivity contribution >= 4 is 0 Å². The third-order valence-corrected chi connectivity index (χ3v) is 2.28. The average molecular weight is 208 g/mol. The highest BCUT2D eigenvalue weighted by Gasteiger charge is 2.15. The van der Waals surface area contributed by atoms with Gasteiger partial charge in [-0.2, -0.15) is 0 Å². The first-order chi connectivity index (χ1) is 7.24. The Morgan fingerprint density at radius 2 is 2.07 bits per heavy atom. The number of allylic oxidation sites excluding steroid dienone is 3. The smallest absolute Gasteiger partial charge is 0.0534 e. The fourth-order valence-electron chi connectivity index (χ4n) is 1.63. The molecule has 0 aromatic rings. The van der Waals surface area contributed by atoms with Gasteiger partial charge in [0.15, 0.2) is 0 Å². The van der Waals surface area contributed by atoms with E-state index in [1.54, 1.807) is 0 Å². The van der Waals surface area contributed by atoms with Gasteiger partial charge in [0.05, 0.1) is 6.61 Å². The molecule has 1 atom stereocenters. The number of ether oxygens (including phenoxy) is 1. The fourth-order valence-corrected chi connectivity index (χ4v) is 1.63. The maximum absolute atomic E-state index is 5.43. The van der Waals surface area contributed by atoms with E-state index in [-0.39, 0.29) is 0 Å². The van der Waals surface area contributed by atoms with Gasteiger partial charge in [-0.1, -0.05) is 44.7 Å². The molecule has 1 fully saturated rings. The molecule has 86 valence electrons. The second-order valence-electron chi connectivity index (χ2n) is 3.61. The van der Waals surface area contributed by atoms with Gasteiger partial charge in [-0.15, -0.1) is 0 Å². The van der Waals surface area contributed by atoms with Crippen molar-refractivity contribution in [1.29, 1.82) is 0 Å². The van der Waals surface area contributed by atoms with E-state index in [1.807, 2.05) is 26.8 Å². The van der Waals surface area contributed by atoms with Crippen LogP contribution >= 0.6 is 0 Å². The summed E-state index contributed by atoms with van der Waals surface area (Å²) in [6.45, 7) is 15.5. The van der Waals surface area contributed by atoms with Crippen LogP contribution in [-0.2, 0) is 4.74 Å². The molecular weight excluding hydrogens is 184 g/mol. The summed E-state index contributed by atoms with van der Waals surface area (Å²) >= 11 is 0. The lowest BCUT2D eigenvalue weighted by Gasteiger charge is -2.23. The lowest BCUT2D eigenvalue weighted by molar-refractivity contribution is 0.0684. The molecule has 0 amide bonds. The van der Waals surface area contributed by atoms with Crippen LogP contribution < -0.4 is 0 Å². The highest BCUT2D eigenvalue weighted by molar-refractivity contribution is 5.28. The first kappa shape index (κ1) is 14.2. The number of rotatable bonds is 3. The molecule has 0 aromatic heterocycles. The highest BCUT2D eigenvalue weighted by Crippen LogP contribution is 2.23. The van der Waals surface area contributed by atoms with Gasteiger partial charge in [-0.3, -0.25) is 0 Å². The van der Waals surface area contributed by atoms with Crippen LogP contribution in [0.5, 0.6) is 0 Å². The molecule has 1 heterocycles. The summed E-state index contributed by atoms with van der Waals surface area (Å²) in [5.41, 5.74) is 2.35. The van der Waals surface area contributed by atoms with Crippen LogP contribution in [0.2, 0.25) is 0 Å². The molecule has 0 aliphatic carbocycles. The van der Waals surface area contributed by atoms with Crippen molar-refractivity contribution in [2.45, 2.75) is 33.6 Å². The molecule has 1 rings (SSSR count). The van der Waals surface area contributed by atoms with Crippen LogP contribution in [0.25, 0.3) is 0 Å². The highest BCUT2D eigenvalue weighted by atomic mass is 16.5. The number of hydrogen-bond donors (Lipinski definition) is 0. The maximum atomic E-state index is 5.43. The molecule has 1 aliphatic heterocycles. The second-order valence-corrected chi connectivity index (χ2v) is 3.61. The summed E-state index contributed by atoms with van der Waals surface area (Å²) in [7, 11) is 0. The zero-order valence-electron chi connectivity index (χ0n) is 10.4. The molecule has 1 saturated heterocycles. The Morgan fingerprint density at radius 1 is 1.40 bits per heavy atom.